The molecule has 0 radical (unpaired) electrons. The van der Waals surface area contributed by atoms with Crippen molar-refractivity contribution in [1.29, 1.82) is 0 Å². The van der Waals surface area contributed by atoms with Crippen molar-refractivity contribution in [3.05, 3.63) is 12.2 Å². The van der Waals surface area contributed by atoms with Crippen LogP contribution in [0.2, 0.25) is 0 Å². The van der Waals surface area contributed by atoms with E-state index in [4.69, 9.17) is 0 Å². The topological polar surface area (TPSA) is 57.6 Å². The molecule has 0 aromatic rings. The normalized spacial score (nSPS) is 34.7. The van der Waals surface area contributed by atoms with Gasteiger partial charge >= 0.3 is 0 Å². The predicted octanol–water partition coefficient (Wildman–Crippen LogP) is 1.52. The van der Waals surface area contributed by atoms with Crippen molar-refractivity contribution >= 4 is 10.0 Å². The van der Waals surface area contributed by atoms with E-state index < -0.39 is 15.6 Å². The van der Waals surface area contributed by atoms with Gasteiger partial charge in [-0.3, -0.25) is 0 Å². The van der Waals surface area contributed by atoms with Crippen LogP contribution in [0, 0.1) is 5.92 Å². The van der Waals surface area contributed by atoms with Gasteiger partial charge in [-0.1, -0.05) is 12.2 Å². The van der Waals surface area contributed by atoms with Gasteiger partial charge in [0.25, 0.3) is 0 Å². The van der Waals surface area contributed by atoms with Gasteiger partial charge in [-0.25, -0.2) is 12.7 Å². The van der Waals surface area contributed by atoms with E-state index >= 15 is 0 Å². The molecule has 2 aliphatic rings. The molecule has 5 heteroatoms. The van der Waals surface area contributed by atoms with Crippen LogP contribution in [0.15, 0.2) is 12.2 Å². The molecule has 0 aromatic carbocycles. The third-order valence-corrected chi connectivity index (χ3v) is 5.27. The molecule has 0 aromatic heterocycles. The Labute approximate surface area is 110 Å². The number of sulfonamides is 1. The fourth-order valence-electron chi connectivity index (χ4n) is 3.08. The quantitative estimate of drug-likeness (QED) is 0.793. The Balaban J connectivity index is 1.97. The Kier molecular flexibility index (Phi) is 4.14. The molecule has 1 fully saturated rings. The lowest BCUT2D eigenvalue weighted by atomic mass is 9.81. The molecule has 0 amide bonds. The fraction of sp³-hybridized carbons (Fsp3) is 0.846. The summed E-state index contributed by atoms with van der Waals surface area (Å²) in [7, 11) is -3.09. The van der Waals surface area contributed by atoms with Crippen molar-refractivity contribution in [3.8, 4) is 0 Å². The van der Waals surface area contributed by atoms with Crippen LogP contribution in [0.3, 0.4) is 0 Å². The van der Waals surface area contributed by atoms with Crippen molar-refractivity contribution in [2.45, 2.75) is 44.1 Å². The van der Waals surface area contributed by atoms with E-state index in [0.29, 0.717) is 19.5 Å². The molecule has 1 aliphatic heterocycles. The number of aliphatic hydroxyl groups is 1. The van der Waals surface area contributed by atoms with Crippen LogP contribution in [0.1, 0.15) is 38.5 Å². The molecule has 2 rings (SSSR count). The van der Waals surface area contributed by atoms with Crippen LogP contribution in [-0.2, 0) is 10.0 Å². The average Bonchev–Trinajstić information content (AvgIpc) is 2.28. The maximum absolute atomic E-state index is 11.6. The van der Waals surface area contributed by atoms with Gasteiger partial charge in [-0.15, -0.1) is 0 Å². The van der Waals surface area contributed by atoms with Crippen LogP contribution in [0.4, 0.5) is 0 Å². The van der Waals surface area contributed by atoms with E-state index in [-0.39, 0.29) is 5.92 Å². The standard InChI is InChI=1S/C13H23NO3S/c1-18(16,17)14-9-5-6-12(11-14)10-13(15)7-3-2-4-8-13/h3,7,12,15H,2,4-6,8-11H2,1H3. The van der Waals surface area contributed by atoms with Gasteiger partial charge < -0.3 is 5.11 Å². The van der Waals surface area contributed by atoms with Gasteiger partial charge in [-0.05, 0) is 44.4 Å². The number of allylic oxidation sites excluding steroid dienone is 1. The second kappa shape index (κ2) is 5.31. The van der Waals surface area contributed by atoms with Crippen LogP contribution in [0.5, 0.6) is 0 Å². The molecular formula is C13H23NO3S. The Morgan fingerprint density at radius 2 is 2.22 bits per heavy atom. The molecule has 4 nitrogen and oxygen atoms in total. The summed E-state index contributed by atoms with van der Waals surface area (Å²) in [6, 6.07) is 0. The van der Waals surface area contributed by atoms with Gasteiger partial charge in [0, 0.05) is 13.1 Å². The van der Waals surface area contributed by atoms with Crippen LogP contribution >= 0.6 is 0 Å². The van der Waals surface area contributed by atoms with Crippen molar-refractivity contribution in [2.75, 3.05) is 19.3 Å². The highest BCUT2D eigenvalue weighted by molar-refractivity contribution is 7.88. The zero-order valence-corrected chi connectivity index (χ0v) is 11.8. The minimum absolute atomic E-state index is 0.279. The molecule has 2 unspecified atom stereocenters. The summed E-state index contributed by atoms with van der Waals surface area (Å²) in [6.07, 6.45) is 10.7. The average molecular weight is 273 g/mol. The van der Waals surface area contributed by atoms with E-state index in [0.717, 1.165) is 32.1 Å². The van der Waals surface area contributed by atoms with E-state index in [9.17, 15) is 13.5 Å². The maximum atomic E-state index is 11.6. The number of piperidine rings is 1. The predicted molar refractivity (Wildman–Crippen MR) is 71.7 cm³/mol. The first-order valence-corrected chi connectivity index (χ1v) is 8.59. The van der Waals surface area contributed by atoms with Gasteiger partial charge in [0.1, 0.15) is 0 Å². The highest BCUT2D eigenvalue weighted by Crippen LogP contribution is 2.32. The minimum atomic E-state index is -3.09. The van der Waals surface area contributed by atoms with Crippen molar-refractivity contribution in [3.63, 3.8) is 0 Å². The summed E-state index contributed by atoms with van der Waals surface area (Å²) in [5.74, 6) is 0.279. The van der Waals surface area contributed by atoms with Crippen molar-refractivity contribution in [2.24, 2.45) is 5.92 Å². The van der Waals surface area contributed by atoms with Crippen molar-refractivity contribution in [1.82, 2.24) is 4.31 Å². The molecule has 0 saturated carbocycles. The van der Waals surface area contributed by atoms with E-state index in [1.54, 1.807) is 4.31 Å². The van der Waals surface area contributed by atoms with Crippen LogP contribution < -0.4 is 0 Å². The Hall–Kier alpha value is -0.390. The molecular weight excluding hydrogens is 250 g/mol. The molecule has 18 heavy (non-hydrogen) atoms. The summed E-state index contributed by atoms with van der Waals surface area (Å²) >= 11 is 0. The molecule has 1 aliphatic carbocycles. The summed E-state index contributed by atoms with van der Waals surface area (Å²) in [4.78, 5) is 0. The summed E-state index contributed by atoms with van der Waals surface area (Å²) < 4.78 is 24.7. The molecule has 1 saturated heterocycles. The molecule has 104 valence electrons. The van der Waals surface area contributed by atoms with E-state index in [2.05, 4.69) is 0 Å². The van der Waals surface area contributed by atoms with E-state index in [1.165, 1.54) is 6.26 Å². The van der Waals surface area contributed by atoms with Gasteiger partial charge in [-0.2, -0.15) is 0 Å². The zero-order valence-electron chi connectivity index (χ0n) is 11.0. The van der Waals surface area contributed by atoms with Gasteiger partial charge in [0.2, 0.25) is 10.0 Å². The third-order valence-electron chi connectivity index (χ3n) is 4.00. The maximum Gasteiger partial charge on any atom is 0.211 e. The molecule has 0 bridgehead atoms. The number of nitrogens with zero attached hydrogens (tertiary/aromatic N) is 1. The van der Waals surface area contributed by atoms with Gasteiger partial charge in [0.05, 0.1) is 11.9 Å². The minimum Gasteiger partial charge on any atom is -0.386 e. The summed E-state index contributed by atoms with van der Waals surface area (Å²) in [5.41, 5.74) is -0.705. The monoisotopic (exact) mass is 273 g/mol. The lowest BCUT2D eigenvalue weighted by Crippen LogP contribution is -2.42. The summed E-state index contributed by atoms with van der Waals surface area (Å²) in [5, 5.41) is 10.5. The Bertz CT molecular complexity index is 418. The first-order chi connectivity index (χ1) is 8.39. The van der Waals surface area contributed by atoms with Gasteiger partial charge in [0.15, 0.2) is 0 Å². The first kappa shape index (κ1) is 14.0. The Morgan fingerprint density at radius 3 is 2.83 bits per heavy atom. The SMILES string of the molecule is CS(=O)(=O)N1CCCC(CC2(O)C=CCCC2)C1. The fourth-order valence-corrected chi connectivity index (χ4v) is 4.02. The molecule has 1 heterocycles. The first-order valence-electron chi connectivity index (χ1n) is 6.74. The number of hydrogen-bond donors (Lipinski definition) is 1. The molecule has 0 spiro atoms. The van der Waals surface area contributed by atoms with E-state index in [1.807, 2.05) is 12.2 Å². The second-order valence-corrected chi connectivity index (χ2v) is 7.71. The lowest BCUT2D eigenvalue weighted by molar-refractivity contribution is 0.0386. The molecule has 1 N–H and O–H groups in total. The van der Waals surface area contributed by atoms with Crippen LogP contribution in [0.25, 0.3) is 0 Å². The largest absolute Gasteiger partial charge is 0.386 e. The number of hydrogen-bond acceptors (Lipinski definition) is 3. The molecule has 2 atom stereocenters. The second-order valence-electron chi connectivity index (χ2n) is 5.73. The lowest BCUT2D eigenvalue weighted by Gasteiger charge is -2.36. The Morgan fingerprint density at radius 1 is 1.44 bits per heavy atom. The highest BCUT2D eigenvalue weighted by atomic mass is 32.2. The third kappa shape index (κ3) is 3.56. The van der Waals surface area contributed by atoms with Crippen molar-refractivity contribution < 1.29 is 13.5 Å². The zero-order chi connectivity index (χ0) is 13.2. The number of rotatable bonds is 3. The highest BCUT2D eigenvalue weighted by Gasteiger charge is 2.33. The van der Waals surface area contributed by atoms with Crippen LogP contribution in [-0.4, -0.2) is 42.8 Å². The smallest absolute Gasteiger partial charge is 0.211 e. The summed E-state index contributed by atoms with van der Waals surface area (Å²) in [6.45, 7) is 1.19.